The number of rotatable bonds is 4. The van der Waals surface area contributed by atoms with E-state index < -0.39 is 0 Å². The van der Waals surface area contributed by atoms with Gasteiger partial charge in [0.15, 0.2) is 0 Å². The van der Waals surface area contributed by atoms with Gasteiger partial charge in [-0.15, -0.1) is 0 Å². The predicted molar refractivity (Wildman–Crippen MR) is 95.5 cm³/mol. The number of carbonyl (C=O) groups is 2. The number of aryl methyl sites for hydroxylation is 1. The van der Waals surface area contributed by atoms with E-state index in [9.17, 15) is 9.59 Å². The number of amides is 2. The zero-order chi connectivity index (χ0) is 16.9. The van der Waals surface area contributed by atoms with Crippen LogP contribution in [0, 0.1) is 0 Å². The molecule has 4 nitrogen and oxygen atoms in total. The normalized spacial score (nSPS) is 13.0. The van der Waals surface area contributed by atoms with Gasteiger partial charge in [0.25, 0.3) is 5.91 Å². The van der Waals surface area contributed by atoms with Crippen LogP contribution < -0.4 is 10.6 Å². The summed E-state index contributed by atoms with van der Waals surface area (Å²) in [6.07, 6.45) is 4.38. The Morgan fingerprint density at radius 2 is 1.79 bits per heavy atom. The van der Waals surface area contributed by atoms with E-state index in [0.717, 1.165) is 24.9 Å². The zero-order valence-corrected chi connectivity index (χ0v) is 14.0. The average molecular weight is 343 g/mol. The number of nitrogens with one attached hydrogen (secondary N) is 2. The average Bonchev–Trinajstić information content (AvgIpc) is 2.60. The van der Waals surface area contributed by atoms with E-state index in [4.69, 9.17) is 11.6 Å². The van der Waals surface area contributed by atoms with Gasteiger partial charge in [0.05, 0.1) is 17.1 Å². The van der Waals surface area contributed by atoms with Crippen molar-refractivity contribution >= 4 is 29.1 Å². The molecule has 0 heterocycles. The first-order valence-electron chi connectivity index (χ1n) is 8.08. The van der Waals surface area contributed by atoms with Crippen molar-refractivity contribution in [3.8, 4) is 0 Å². The van der Waals surface area contributed by atoms with E-state index in [2.05, 4.69) is 16.7 Å². The molecular formula is C19H19ClN2O2. The minimum Gasteiger partial charge on any atom is -0.343 e. The minimum absolute atomic E-state index is 0.0896. The molecule has 3 rings (SSSR count). The summed E-state index contributed by atoms with van der Waals surface area (Å²) >= 11 is 5.98. The second-order valence-corrected chi connectivity index (χ2v) is 6.27. The van der Waals surface area contributed by atoms with Crippen LogP contribution in [0.4, 0.5) is 5.69 Å². The van der Waals surface area contributed by atoms with E-state index in [1.165, 1.54) is 17.5 Å². The summed E-state index contributed by atoms with van der Waals surface area (Å²) in [4.78, 5) is 24.2. The van der Waals surface area contributed by atoms with Crippen LogP contribution in [0.5, 0.6) is 0 Å². The van der Waals surface area contributed by atoms with Crippen molar-refractivity contribution in [3.05, 3.63) is 64.2 Å². The van der Waals surface area contributed by atoms with Crippen LogP contribution in [-0.2, 0) is 17.6 Å². The van der Waals surface area contributed by atoms with Crippen LogP contribution in [0.3, 0.4) is 0 Å². The van der Waals surface area contributed by atoms with Crippen LogP contribution in [0.15, 0.2) is 42.5 Å². The van der Waals surface area contributed by atoms with E-state index in [1.807, 2.05) is 12.1 Å². The number of benzene rings is 2. The molecular weight excluding hydrogens is 324 g/mol. The van der Waals surface area contributed by atoms with Crippen LogP contribution in [0.2, 0.25) is 5.02 Å². The largest absolute Gasteiger partial charge is 0.343 e. The minimum atomic E-state index is -0.356. The third-order valence-corrected chi connectivity index (χ3v) is 4.53. The van der Waals surface area contributed by atoms with Crippen LogP contribution >= 0.6 is 11.6 Å². The molecule has 124 valence electrons. The van der Waals surface area contributed by atoms with E-state index in [-0.39, 0.29) is 18.4 Å². The Morgan fingerprint density at radius 1 is 1.00 bits per heavy atom. The highest BCUT2D eigenvalue weighted by molar-refractivity contribution is 6.33. The Bertz CT molecular complexity index is 774. The Balaban J connectivity index is 1.61. The van der Waals surface area contributed by atoms with Gasteiger partial charge in [-0.1, -0.05) is 35.9 Å². The first-order chi connectivity index (χ1) is 11.6. The Hall–Kier alpha value is -2.33. The second-order valence-electron chi connectivity index (χ2n) is 5.86. The maximum Gasteiger partial charge on any atom is 0.253 e. The molecule has 2 amide bonds. The molecule has 1 aliphatic rings. The van der Waals surface area contributed by atoms with Crippen molar-refractivity contribution in [1.29, 1.82) is 0 Å². The highest BCUT2D eigenvalue weighted by atomic mass is 35.5. The van der Waals surface area contributed by atoms with Gasteiger partial charge < -0.3 is 10.6 Å². The third kappa shape index (κ3) is 3.77. The molecule has 0 radical (unpaired) electrons. The lowest BCUT2D eigenvalue weighted by molar-refractivity contribution is -0.115. The molecule has 0 saturated carbocycles. The summed E-state index contributed by atoms with van der Waals surface area (Å²) in [6, 6.07) is 12.8. The maximum absolute atomic E-state index is 12.2. The molecule has 0 bridgehead atoms. The molecule has 5 heteroatoms. The Morgan fingerprint density at radius 3 is 2.62 bits per heavy atom. The van der Waals surface area contributed by atoms with Crippen molar-refractivity contribution < 1.29 is 9.59 Å². The number of anilines is 1. The van der Waals surface area contributed by atoms with E-state index >= 15 is 0 Å². The highest BCUT2D eigenvalue weighted by Gasteiger charge is 2.15. The molecule has 0 saturated heterocycles. The standard InChI is InChI=1S/C19H19ClN2O2/c20-16-10-4-3-9-15(16)19(24)21-12-18(23)22-17-11-5-7-13-6-1-2-8-14(13)17/h3-5,7,9-11H,1-2,6,8,12H2,(H,21,24)(H,22,23). The molecule has 1 aliphatic carbocycles. The lowest BCUT2D eigenvalue weighted by Gasteiger charge is -2.19. The SMILES string of the molecule is O=C(CNC(=O)c1ccccc1Cl)Nc1cccc2c1CCCC2. The van der Waals surface area contributed by atoms with Crippen molar-refractivity contribution in [2.24, 2.45) is 0 Å². The molecule has 0 unspecified atom stereocenters. The fourth-order valence-corrected chi connectivity index (χ4v) is 3.22. The van der Waals surface area contributed by atoms with E-state index in [0.29, 0.717) is 10.6 Å². The van der Waals surface area contributed by atoms with Gasteiger partial charge in [-0.2, -0.15) is 0 Å². The van der Waals surface area contributed by atoms with Gasteiger partial charge in [0.1, 0.15) is 0 Å². The predicted octanol–water partition coefficient (Wildman–Crippen LogP) is 3.59. The van der Waals surface area contributed by atoms with Crippen LogP contribution in [-0.4, -0.2) is 18.4 Å². The third-order valence-electron chi connectivity index (χ3n) is 4.20. The van der Waals surface area contributed by atoms with Crippen molar-refractivity contribution in [1.82, 2.24) is 5.32 Å². The second kappa shape index (κ2) is 7.49. The highest BCUT2D eigenvalue weighted by Crippen LogP contribution is 2.27. The van der Waals surface area contributed by atoms with Gasteiger partial charge >= 0.3 is 0 Å². The van der Waals surface area contributed by atoms with Crippen molar-refractivity contribution in [2.45, 2.75) is 25.7 Å². The number of carbonyl (C=O) groups excluding carboxylic acids is 2. The lowest BCUT2D eigenvalue weighted by atomic mass is 9.90. The first kappa shape index (κ1) is 16.5. The Labute approximate surface area is 146 Å². The number of hydrogen-bond acceptors (Lipinski definition) is 2. The van der Waals surface area contributed by atoms with Gasteiger partial charge in [-0.3, -0.25) is 9.59 Å². The molecule has 0 fully saturated rings. The summed E-state index contributed by atoms with van der Waals surface area (Å²) < 4.78 is 0. The zero-order valence-electron chi connectivity index (χ0n) is 13.3. The molecule has 2 aromatic carbocycles. The maximum atomic E-state index is 12.2. The van der Waals surface area contributed by atoms with Gasteiger partial charge in [0, 0.05) is 5.69 Å². The summed E-state index contributed by atoms with van der Waals surface area (Å²) in [7, 11) is 0. The van der Waals surface area contributed by atoms with Crippen molar-refractivity contribution in [3.63, 3.8) is 0 Å². The number of fused-ring (bicyclic) bond motifs is 1. The summed E-state index contributed by atoms with van der Waals surface area (Å²) in [5.74, 6) is -0.597. The quantitative estimate of drug-likeness (QED) is 0.892. The van der Waals surface area contributed by atoms with Crippen LogP contribution in [0.25, 0.3) is 0 Å². The molecule has 0 spiro atoms. The smallest absolute Gasteiger partial charge is 0.253 e. The van der Waals surface area contributed by atoms with Gasteiger partial charge in [0.2, 0.25) is 5.91 Å². The molecule has 0 atom stereocenters. The molecule has 0 aliphatic heterocycles. The van der Waals surface area contributed by atoms with Gasteiger partial charge in [-0.05, 0) is 55.0 Å². The van der Waals surface area contributed by atoms with E-state index in [1.54, 1.807) is 24.3 Å². The molecule has 24 heavy (non-hydrogen) atoms. The van der Waals surface area contributed by atoms with Gasteiger partial charge in [-0.25, -0.2) is 0 Å². The molecule has 0 aromatic heterocycles. The summed E-state index contributed by atoms with van der Waals surface area (Å²) in [5.41, 5.74) is 3.74. The monoisotopic (exact) mass is 342 g/mol. The summed E-state index contributed by atoms with van der Waals surface area (Å²) in [6.45, 7) is -0.0896. The lowest BCUT2D eigenvalue weighted by Crippen LogP contribution is -2.33. The molecule has 2 N–H and O–H groups in total. The topological polar surface area (TPSA) is 58.2 Å². The van der Waals surface area contributed by atoms with Crippen molar-refractivity contribution in [2.75, 3.05) is 11.9 Å². The number of hydrogen-bond donors (Lipinski definition) is 2. The Kier molecular flexibility index (Phi) is 5.16. The fraction of sp³-hybridized carbons (Fsp3) is 0.263. The fourth-order valence-electron chi connectivity index (χ4n) is 2.99. The first-order valence-corrected chi connectivity index (χ1v) is 8.46. The summed E-state index contributed by atoms with van der Waals surface area (Å²) in [5, 5.41) is 5.88. The number of halogens is 1. The molecule has 2 aromatic rings. The van der Waals surface area contributed by atoms with Crippen LogP contribution in [0.1, 0.15) is 34.3 Å².